The van der Waals surface area contributed by atoms with Gasteiger partial charge < -0.3 is 0 Å². The summed E-state index contributed by atoms with van der Waals surface area (Å²) in [6, 6.07) is 0. The first-order valence-electron chi connectivity index (χ1n) is 10.1. The lowest BCUT2D eigenvalue weighted by Gasteiger charge is -2.15. The molecule has 0 aliphatic rings. The summed E-state index contributed by atoms with van der Waals surface area (Å²) in [6.45, 7) is 12.0. The summed E-state index contributed by atoms with van der Waals surface area (Å²) in [5.74, 6) is 2.86. The zero-order valence-corrected chi connectivity index (χ0v) is 15.9. The summed E-state index contributed by atoms with van der Waals surface area (Å²) in [6.07, 6.45) is 18.7. The fourth-order valence-electron chi connectivity index (χ4n) is 3.47. The van der Waals surface area contributed by atoms with Crippen LogP contribution in [0.25, 0.3) is 0 Å². The Morgan fingerprint density at radius 1 is 0.429 bits per heavy atom. The lowest BCUT2D eigenvalue weighted by molar-refractivity contribution is 0.384. The van der Waals surface area contributed by atoms with E-state index in [9.17, 15) is 0 Å². The molecular weight excluding hydrogens is 252 g/mol. The van der Waals surface area contributed by atoms with Crippen molar-refractivity contribution in [2.24, 2.45) is 17.8 Å². The molecule has 0 saturated carbocycles. The van der Waals surface area contributed by atoms with Gasteiger partial charge in [-0.2, -0.15) is 0 Å². The van der Waals surface area contributed by atoms with Crippen molar-refractivity contribution in [3.05, 3.63) is 0 Å². The smallest absolute Gasteiger partial charge is 0.0443 e. The third kappa shape index (κ3) is 14.7. The minimum Gasteiger partial charge on any atom is -0.0654 e. The molecule has 0 heterocycles. The van der Waals surface area contributed by atoms with Crippen LogP contribution in [0.5, 0.6) is 0 Å². The van der Waals surface area contributed by atoms with E-state index in [0.717, 1.165) is 17.8 Å². The van der Waals surface area contributed by atoms with E-state index in [2.05, 4.69) is 34.6 Å². The highest BCUT2D eigenvalue weighted by Gasteiger charge is 2.06. The molecule has 0 aromatic rings. The fraction of sp³-hybridized carbons (Fsp3) is 1.00. The van der Waals surface area contributed by atoms with E-state index in [1.807, 2.05) is 0 Å². The van der Waals surface area contributed by atoms with E-state index >= 15 is 0 Å². The van der Waals surface area contributed by atoms with E-state index in [1.54, 1.807) is 0 Å². The van der Waals surface area contributed by atoms with Crippen molar-refractivity contribution in [1.82, 2.24) is 0 Å². The Morgan fingerprint density at radius 2 is 0.810 bits per heavy atom. The van der Waals surface area contributed by atoms with Gasteiger partial charge in [0.15, 0.2) is 0 Å². The highest BCUT2D eigenvalue weighted by atomic mass is 14.1. The maximum Gasteiger partial charge on any atom is -0.0443 e. The first-order chi connectivity index (χ1) is 10.1. The highest BCUT2D eigenvalue weighted by Crippen LogP contribution is 2.22. The van der Waals surface area contributed by atoms with E-state index in [-0.39, 0.29) is 0 Å². The standard InChI is InChI=1S/C21H44/c1-6-8-9-14-20(4)17-12-18-21(5)16-11-10-15-19(3)13-7-2/h19-21H,6-18H2,1-5H3. The Bertz CT molecular complexity index is 196. The summed E-state index contributed by atoms with van der Waals surface area (Å²) in [5, 5.41) is 0. The molecule has 0 radical (unpaired) electrons. The molecule has 0 aromatic heterocycles. The van der Waals surface area contributed by atoms with E-state index in [4.69, 9.17) is 0 Å². The minimum atomic E-state index is 0.953. The predicted octanol–water partition coefficient (Wildman–Crippen LogP) is 8.01. The second-order valence-electron chi connectivity index (χ2n) is 7.82. The van der Waals surface area contributed by atoms with Crippen molar-refractivity contribution in [3.8, 4) is 0 Å². The molecule has 21 heavy (non-hydrogen) atoms. The molecule has 0 spiro atoms. The molecule has 0 saturated heterocycles. The second kappa shape index (κ2) is 14.9. The predicted molar refractivity (Wildman–Crippen MR) is 98.9 cm³/mol. The van der Waals surface area contributed by atoms with Gasteiger partial charge in [0.1, 0.15) is 0 Å². The molecule has 0 bridgehead atoms. The van der Waals surface area contributed by atoms with Gasteiger partial charge in [0.2, 0.25) is 0 Å². The minimum absolute atomic E-state index is 0.953. The van der Waals surface area contributed by atoms with Crippen molar-refractivity contribution in [1.29, 1.82) is 0 Å². The maximum atomic E-state index is 2.47. The van der Waals surface area contributed by atoms with Gasteiger partial charge >= 0.3 is 0 Å². The van der Waals surface area contributed by atoms with Crippen LogP contribution in [0.4, 0.5) is 0 Å². The molecule has 0 aliphatic heterocycles. The molecule has 128 valence electrons. The Morgan fingerprint density at radius 3 is 1.24 bits per heavy atom. The molecular formula is C21H44. The zero-order valence-electron chi connectivity index (χ0n) is 15.9. The summed E-state index contributed by atoms with van der Waals surface area (Å²) in [7, 11) is 0. The number of rotatable bonds is 15. The van der Waals surface area contributed by atoms with Crippen LogP contribution < -0.4 is 0 Å². The van der Waals surface area contributed by atoms with Crippen LogP contribution in [-0.4, -0.2) is 0 Å². The van der Waals surface area contributed by atoms with Gasteiger partial charge in [-0.3, -0.25) is 0 Å². The van der Waals surface area contributed by atoms with Gasteiger partial charge in [-0.25, -0.2) is 0 Å². The van der Waals surface area contributed by atoms with Gasteiger partial charge in [0, 0.05) is 0 Å². The lowest BCUT2D eigenvalue weighted by Crippen LogP contribution is -2.00. The molecule has 0 heteroatoms. The maximum absolute atomic E-state index is 2.47. The second-order valence-corrected chi connectivity index (χ2v) is 7.82. The quantitative estimate of drug-likeness (QED) is 0.268. The Labute approximate surface area is 136 Å². The molecule has 0 fully saturated rings. The Hall–Kier alpha value is 0. The zero-order chi connectivity index (χ0) is 15.9. The SMILES string of the molecule is CCCCCC(C)CCCC(C)CCCCC(C)CCC. The van der Waals surface area contributed by atoms with Gasteiger partial charge in [0.25, 0.3) is 0 Å². The largest absolute Gasteiger partial charge is 0.0654 e. The average Bonchev–Trinajstić information content (AvgIpc) is 2.44. The van der Waals surface area contributed by atoms with Crippen molar-refractivity contribution in [3.63, 3.8) is 0 Å². The van der Waals surface area contributed by atoms with Crippen LogP contribution in [-0.2, 0) is 0 Å². The van der Waals surface area contributed by atoms with Crippen molar-refractivity contribution in [2.45, 2.75) is 118 Å². The lowest BCUT2D eigenvalue weighted by atomic mass is 9.91. The van der Waals surface area contributed by atoms with Crippen LogP contribution in [0.15, 0.2) is 0 Å². The highest BCUT2D eigenvalue weighted by molar-refractivity contribution is 4.60. The van der Waals surface area contributed by atoms with Gasteiger partial charge in [-0.05, 0) is 17.8 Å². The van der Waals surface area contributed by atoms with Crippen LogP contribution in [0, 0.1) is 17.8 Å². The molecule has 0 rings (SSSR count). The summed E-state index contributed by atoms with van der Waals surface area (Å²) in [5.41, 5.74) is 0. The van der Waals surface area contributed by atoms with E-state index in [0.29, 0.717) is 0 Å². The normalized spacial score (nSPS) is 15.9. The number of hydrogen-bond acceptors (Lipinski definition) is 0. The first kappa shape index (κ1) is 21.0. The van der Waals surface area contributed by atoms with Gasteiger partial charge in [0.05, 0.1) is 0 Å². The molecule has 0 amide bonds. The molecule has 0 aromatic carbocycles. The molecule has 0 N–H and O–H groups in total. The van der Waals surface area contributed by atoms with Crippen LogP contribution in [0.2, 0.25) is 0 Å². The number of unbranched alkanes of at least 4 members (excludes halogenated alkanes) is 3. The topological polar surface area (TPSA) is 0 Å². The van der Waals surface area contributed by atoms with Crippen LogP contribution in [0.1, 0.15) is 118 Å². The van der Waals surface area contributed by atoms with Gasteiger partial charge in [-0.1, -0.05) is 118 Å². The van der Waals surface area contributed by atoms with Crippen LogP contribution in [0.3, 0.4) is 0 Å². The van der Waals surface area contributed by atoms with Crippen molar-refractivity contribution >= 4 is 0 Å². The molecule has 3 unspecified atom stereocenters. The Balaban J connectivity index is 3.39. The molecule has 0 nitrogen and oxygen atoms in total. The average molecular weight is 297 g/mol. The fourth-order valence-corrected chi connectivity index (χ4v) is 3.47. The summed E-state index contributed by atoms with van der Waals surface area (Å²) in [4.78, 5) is 0. The summed E-state index contributed by atoms with van der Waals surface area (Å²) < 4.78 is 0. The Kier molecular flexibility index (Phi) is 14.9. The number of hydrogen-bond donors (Lipinski definition) is 0. The third-order valence-electron chi connectivity index (χ3n) is 5.12. The first-order valence-corrected chi connectivity index (χ1v) is 10.1. The van der Waals surface area contributed by atoms with Crippen molar-refractivity contribution in [2.75, 3.05) is 0 Å². The summed E-state index contributed by atoms with van der Waals surface area (Å²) >= 11 is 0. The van der Waals surface area contributed by atoms with Gasteiger partial charge in [-0.15, -0.1) is 0 Å². The van der Waals surface area contributed by atoms with Crippen molar-refractivity contribution < 1.29 is 0 Å². The molecule has 0 aliphatic carbocycles. The molecule has 3 atom stereocenters. The third-order valence-corrected chi connectivity index (χ3v) is 5.12. The van der Waals surface area contributed by atoms with E-state index in [1.165, 1.54) is 83.5 Å². The van der Waals surface area contributed by atoms with E-state index < -0.39 is 0 Å². The van der Waals surface area contributed by atoms with Crippen LogP contribution >= 0.6 is 0 Å². The monoisotopic (exact) mass is 296 g/mol.